The second kappa shape index (κ2) is 14.4. The first kappa shape index (κ1) is 28.2. The van der Waals surface area contributed by atoms with Crippen LogP contribution in [0.4, 0.5) is 11.4 Å². The molecule has 0 aliphatic carbocycles. The zero-order valence-electron chi connectivity index (χ0n) is 21.5. The summed E-state index contributed by atoms with van der Waals surface area (Å²) in [5.74, 6) is 0.741. The Kier molecular flexibility index (Phi) is 10.9. The lowest BCUT2D eigenvalue weighted by Gasteiger charge is -2.14. The molecule has 194 valence electrons. The predicted molar refractivity (Wildman–Crippen MR) is 157 cm³/mol. The maximum Gasteiger partial charge on any atom is 0.239 e. The van der Waals surface area contributed by atoms with E-state index in [4.69, 9.17) is 23.2 Å². The van der Waals surface area contributed by atoms with E-state index in [-0.39, 0.29) is 12.5 Å². The van der Waals surface area contributed by atoms with Gasteiger partial charge in [0.25, 0.3) is 0 Å². The van der Waals surface area contributed by atoms with Gasteiger partial charge in [-0.2, -0.15) is 0 Å². The monoisotopic (exact) mass is 536 g/mol. The van der Waals surface area contributed by atoms with Crippen LogP contribution in [0.5, 0.6) is 0 Å². The van der Waals surface area contributed by atoms with Crippen molar-refractivity contribution in [3.05, 3.63) is 112 Å². The molecule has 0 aliphatic heterocycles. The summed E-state index contributed by atoms with van der Waals surface area (Å²) in [7, 11) is 0. The maximum absolute atomic E-state index is 12.4. The van der Waals surface area contributed by atoms with Crippen LogP contribution in [0.3, 0.4) is 0 Å². The number of nitrogens with one attached hydrogen (secondary N) is 3. The van der Waals surface area contributed by atoms with E-state index in [9.17, 15) is 4.79 Å². The number of carbonyl (C=O) groups is 1. The van der Waals surface area contributed by atoms with Gasteiger partial charge in [0.15, 0.2) is 0 Å². The van der Waals surface area contributed by atoms with Crippen molar-refractivity contribution in [3.8, 4) is 5.69 Å². The molecule has 37 heavy (non-hydrogen) atoms. The van der Waals surface area contributed by atoms with Gasteiger partial charge in [0.2, 0.25) is 5.91 Å². The first-order valence-electron chi connectivity index (χ1n) is 12.3. The number of hydrogen-bond acceptors (Lipinski definition) is 3. The highest BCUT2D eigenvalue weighted by Gasteiger charge is 2.06. The minimum Gasteiger partial charge on any atom is -0.381 e. The third kappa shape index (κ3) is 10.2. The largest absolute Gasteiger partial charge is 0.381 e. The Hall–Kier alpha value is -3.41. The van der Waals surface area contributed by atoms with Gasteiger partial charge in [0.05, 0.1) is 6.54 Å². The summed E-state index contributed by atoms with van der Waals surface area (Å²) in [4.78, 5) is 12.4. The van der Waals surface area contributed by atoms with Crippen molar-refractivity contribution < 1.29 is 4.79 Å². The highest BCUT2D eigenvalue weighted by molar-refractivity contribution is 6.30. The number of carbonyl (C=O) groups excluding carboxylic acids is 1. The lowest BCUT2D eigenvalue weighted by atomic mass is 10.2. The molecule has 0 radical (unpaired) electrons. The van der Waals surface area contributed by atoms with Gasteiger partial charge in [-0.15, -0.1) is 0 Å². The number of nitrogens with zero attached hydrogens (tertiary/aromatic N) is 1. The van der Waals surface area contributed by atoms with Crippen LogP contribution in [-0.2, 0) is 17.9 Å². The zero-order valence-corrected chi connectivity index (χ0v) is 23.0. The lowest BCUT2D eigenvalue weighted by Crippen LogP contribution is -2.29. The van der Waals surface area contributed by atoms with Crippen LogP contribution in [0.1, 0.15) is 31.9 Å². The molecule has 0 saturated heterocycles. The van der Waals surface area contributed by atoms with Crippen molar-refractivity contribution in [3.63, 3.8) is 0 Å². The number of rotatable bonds is 9. The van der Waals surface area contributed by atoms with E-state index in [1.54, 1.807) is 0 Å². The Morgan fingerprint density at radius 3 is 2.05 bits per heavy atom. The molecule has 5 nitrogen and oxygen atoms in total. The molecule has 1 aromatic heterocycles. The van der Waals surface area contributed by atoms with Gasteiger partial charge in [-0.25, -0.2) is 0 Å². The molecule has 4 aromatic rings. The molecule has 0 aliphatic rings. The smallest absolute Gasteiger partial charge is 0.239 e. The lowest BCUT2D eigenvalue weighted by molar-refractivity contribution is -0.119. The minimum absolute atomic E-state index is 0.0928. The van der Waals surface area contributed by atoms with Crippen molar-refractivity contribution in [2.75, 3.05) is 17.2 Å². The van der Waals surface area contributed by atoms with Crippen LogP contribution in [0.25, 0.3) is 5.69 Å². The van der Waals surface area contributed by atoms with Crippen LogP contribution in [0, 0.1) is 5.92 Å². The summed E-state index contributed by atoms with van der Waals surface area (Å²) in [6, 6.07) is 25.2. The maximum atomic E-state index is 12.4. The van der Waals surface area contributed by atoms with Gasteiger partial charge in [-0.3, -0.25) is 4.79 Å². The first-order valence-corrected chi connectivity index (χ1v) is 13.1. The fraction of sp³-hybridized carbons (Fsp3) is 0.233. The topological polar surface area (TPSA) is 58.1 Å². The van der Waals surface area contributed by atoms with Crippen LogP contribution < -0.4 is 16.0 Å². The van der Waals surface area contributed by atoms with Gasteiger partial charge in [-0.05, 0) is 71.6 Å². The Balaban J connectivity index is 0.000000886. The second-order valence-corrected chi connectivity index (χ2v) is 10.2. The Morgan fingerprint density at radius 1 is 0.757 bits per heavy atom. The number of halogens is 2. The molecule has 3 N–H and O–H groups in total. The molecule has 0 atom stereocenters. The summed E-state index contributed by atoms with van der Waals surface area (Å²) >= 11 is 12.0. The van der Waals surface area contributed by atoms with E-state index in [0.29, 0.717) is 23.1 Å². The van der Waals surface area contributed by atoms with Crippen molar-refractivity contribution in [1.29, 1.82) is 0 Å². The van der Waals surface area contributed by atoms with Crippen LogP contribution in [0.15, 0.2) is 91.3 Å². The molecule has 1 amide bonds. The van der Waals surface area contributed by atoms with Crippen LogP contribution in [0.2, 0.25) is 10.0 Å². The zero-order chi connectivity index (χ0) is 26.6. The van der Waals surface area contributed by atoms with Gasteiger partial charge in [-0.1, -0.05) is 68.2 Å². The Bertz CT molecular complexity index is 1250. The van der Waals surface area contributed by atoms with E-state index in [0.717, 1.165) is 34.1 Å². The van der Waals surface area contributed by atoms with Crippen LogP contribution in [-0.4, -0.2) is 17.0 Å². The molecule has 0 saturated carbocycles. The van der Waals surface area contributed by atoms with E-state index < -0.39 is 0 Å². The molecule has 0 unspecified atom stereocenters. The highest BCUT2D eigenvalue weighted by atomic mass is 35.5. The van der Waals surface area contributed by atoms with Crippen LogP contribution >= 0.6 is 23.2 Å². The fourth-order valence-electron chi connectivity index (χ4n) is 3.37. The Morgan fingerprint density at radius 2 is 1.41 bits per heavy atom. The molecule has 7 heteroatoms. The van der Waals surface area contributed by atoms with Gasteiger partial charge < -0.3 is 20.5 Å². The summed E-state index contributed by atoms with van der Waals surface area (Å²) in [5, 5.41) is 11.0. The fourth-order valence-corrected chi connectivity index (χ4v) is 3.71. The molecule has 4 rings (SSSR count). The standard InChI is InChI=1S/C26H24Cl2N4O.C4H10/c27-21-8-6-19(7-9-21)16-31-26(33)18-30-24-13-23(14-25(15-24)32-10-1-2-11-32)29-17-20-4-3-5-22(28)12-20;1-4(2)3/h1-15,29-30H,16-18H2,(H,31,33);4H,1-3H3. The molecular formula is C30H34Cl2N4O. The Labute approximate surface area is 229 Å². The van der Waals surface area contributed by atoms with Gasteiger partial charge in [0, 0.05) is 52.6 Å². The number of hydrogen-bond donors (Lipinski definition) is 3. The van der Waals surface area contributed by atoms with E-state index in [2.05, 4.69) is 42.8 Å². The highest BCUT2D eigenvalue weighted by Crippen LogP contribution is 2.23. The number of benzene rings is 3. The van der Waals surface area contributed by atoms with Crippen molar-refractivity contribution in [2.24, 2.45) is 5.92 Å². The van der Waals surface area contributed by atoms with Gasteiger partial charge in [0.1, 0.15) is 0 Å². The number of aromatic nitrogens is 1. The molecule has 1 heterocycles. The normalized spacial score (nSPS) is 10.4. The van der Waals surface area contributed by atoms with E-state index in [1.165, 1.54) is 0 Å². The molecule has 0 spiro atoms. The number of anilines is 2. The first-order chi connectivity index (χ1) is 17.8. The average molecular weight is 538 g/mol. The molecule has 0 bridgehead atoms. The van der Waals surface area contributed by atoms with Crippen molar-refractivity contribution in [2.45, 2.75) is 33.9 Å². The number of amides is 1. The van der Waals surface area contributed by atoms with Crippen molar-refractivity contribution >= 4 is 40.5 Å². The third-order valence-corrected chi connectivity index (χ3v) is 5.55. The summed E-state index contributed by atoms with van der Waals surface area (Å²) in [5.41, 5.74) is 4.85. The summed E-state index contributed by atoms with van der Waals surface area (Å²) in [6.07, 6.45) is 3.97. The summed E-state index contributed by atoms with van der Waals surface area (Å²) < 4.78 is 2.02. The van der Waals surface area contributed by atoms with Gasteiger partial charge >= 0.3 is 0 Å². The van der Waals surface area contributed by atoms with E-state index >= 15 is 0 Å². The minimum atomic E-state index is -0.0928. The second-order valence-electron chi connectivity index (χ2n) is 9.33. The van der Waals surface area contributed by atoms with E-state index in [1.807, 2.05) is 89.8 Å². The molecule has 0 fully saturated rings. The third-order valence-electron chi connectivity index (χ3n) is 5.06. The predicted octanol–water partition coefficient (Wildman–Crippen LogP) is 7.79. The SMILES string of the molecule is CC(C)C.O=C(CNc1cc(NCc2cccc(Cl)c2)cc(-n2cccc2)c1)NCc1ccc(Cl)cc1. The molecular weight excluding hydrogens is 503 g/mol. The average Bonchev–Trinajstić information content (AvgIpc) is 3.41. The summed E-state index contributed by atoms with van der Waals surface area (Å²) in [6.45, 7) is 7.75. The molecule has 3 aromatic carbocycles. The van der Waals surface area contributed by atoms with Crippen molar-refractivity contribution in [1.82, 2.24) is 9.88 Å². The quantitative estimate of drug-likeness (QED) is 0.204.